The summed E-state index contributed by atoms with van der Waals surface area (Å²) in [6.45, 7) is 2.68. The Balaban J connectivity index is 1.23. The monoisotopic (exact) mass is 374 g/mol. The van der Waals surface area contributed by atoms with Crippen molar-refractivity contribution in [1.29, 1.82) is 0 Å². The molecule has 1 aliphatic heterocycles. The predicted octanol–water partition coefficient (Wildman–Crippen LogP) is 2.04. The second-order valence-corrected chi connectivity index (χ2v) is 7.43. The maximum atomic E-state index is 13.1. The first kappa shape index (κ1) is 16.9. The van der Waals surface area contributed by atoms with E-state index in [4.69, 9.17) is 0 Å². The first-order valence-electron chi connectivity index (χ1n) is 9.67. The lowest BCUT2D eigenvalue weighted by Crippen LogP contribution is -2.41. The number of benzene rings is 1. The SMILES string of the molecule is O=C(C1Cc2ccccc2C1)N1CCn2nc(CNc3cnccn3)cc2C1. The van der Waals surface area contributed by atoms with Gasteiger partial charge in [-0.3, -0.25) is 14.5 Å². The average Bonchev–Trinajstić information content (AvgIpc) is 3.35. The van der Waals surface area contributed by atoms with Gasteiger partial charge >= 0.3 is 0 Å². The number of aromatic nitrogens is 4. The fraction of sp³-hybridized carbons (Fsp3) is 0.333. The molecular formula is C21H22N6O. The van der Waals surface area contributed by atoms with Gasteiger partial charge < -0.3 is 10.2 Å². The van der Waals surface area contributed by atoms with Gasteiger partial charge in [0, 0.05) is 24.9 Å². The fourth-order valence-corrected chi connectivity index (χ4v) is 4.16. The topological polar surface area (TPSA) is 75.9 Å². The second-order valence-electron chi connectivity index (χ2n) is 7.43. The van der Waals surface area contributed by atoms with Crippen molar-refractivity contribution in [3.8, 4) is 0 Å². The summed E-state index contributed by atoms with van der Waals surface area (Å²) in [5.41, 5.74) is 4.68. The molecule has 0 bridgehead atoms. The van der Waals surface area contributed by atoms with Gasteiger partial charge in [0.2, 0.25) is 5.91 Å². The zero-order chi connectivity index (χ0) is 18.9. The van der Waals surface area contributed by atoms with Gasteiger partial charge in [-0.05, 0) is 30.0 Å². The molecule has 7 nitrogen and oxygen atoms in total. The van der Waals surface area contributed by atoms with Crippen LogP contribution in [0, 0.1) is 5.92 Å². The van der Waals surface area contributed by atoms with Crippen LogP contribution < -0.4 is 5.32 Å². The van der Waals surface area contributed by atoms with Crippen molar-refractivity contribution in [3.05, 3.63) is 71.4 Å². The van der Waals surface area contributed by atoms with Crippen LogP contribution in [-0.4, -0.2) is 37.1 Å². The molecule has 142 valence electrons. The molecule has 2 aromatic heterocycles. The van der Waals surface area contributed by atoms with Gasteiger partial charge in [0.25, 0.3) is 0 Å². The number of carbonyl (C=O) groups is 1. The molecule has 0 saturated carbocycles. The van der Waals surface area contributed by atoms with E-state index in [0.717, 1.165) is 43.1 Å². The number of nitrogens with one attached hydrogen (secondary N) is 1. The quantitative estimate of drug-likeness (QED) is 0.756. The molecule has 7 heteroatoms. The van der Waals surface area contributed by atoms with Crippen LogP contribution in [0.3, 0.4) is 0 Å². The third-order valence-corrected chi connectivity index (χ3v) is 5.57. The van der Waals surface area contributed by atoms with Crippen molar-refractivity contribution in [3.63, 3.8) is 0 Å². The van der Waals surface area contributed by atoms with E-state index in [1.807, 2.05) is 9.58 Å². The molecule has 0 atom stereocenters. The van der Waals surface area contributed by atoms with Crippen molar-refractivity contribution in [2.24, 2.45) is 5.92 Å². The molecule has 3 aromatic rings. The summed E-state index contributed by atoms with van der Waals surface area (Å²) in [7, 11) is 0. The van der Waals surface area contributed by atoms with Crippen molar-refractivity contribution in [1.82, 2.24) is 24.6 Å². The summed E-state index contributed by atoms with van der Waals surface area (Å²) in [6, 6.07) is 10.5. The third kappa shape index (κ3) is 3.24. The van der Waals surface area contributed by atoms with Gasteiger partial charge in [0.05, 0.1) is 37.2 Å². The lowest BCUT2D eigenvalue weighted by molar-refractivity contribution is -0.136. The number of amides is 1. The van der Waals surface area contributed by atoms with Crippen LogP contribution in [0.4, 0.5) is 5.82 Å². The van der Waals surface area contributed by atoms with Crippen LogP contribution in [0.15, 0.2) is 48.9 Å². The number of rotatable bonds is 4. The van der Waals surface area contributed by atoms with Crippen molar-refractivity contribution < 1.29 is 4.79 Å². The van der Waals surface area contributed by atoms with Crippen LogP contribution in [0.5, 0.6) is 0 Å². The maximum absolute atomic E-state index is 13.1. The molecule has 1 aromatic carbocycles. The molecule has 1 N–H and O–H groups in total. The van der Waals surface area contributed by atoms with Crippen LogP contribution in [0.2, 0.25) is 0 Å². The number of hydrogen-bond acceptors (Lipinski definition) is 5. The van der Waals surface area contributed by atoms with Gasteiger partial charge in [-0.2, -0.15) is 5.10 Å². The normalized spacial score (nSPS) is 15.9. The van der Waals surface area contributed by atoms with E-state index in [9.17, 15) is 4.79 Å². The minimum atomic E-state index is 0.0738. The Morgan fingerprint density at radius 3 is 2.71 bits per heavy atom. The number of nitrogens with zero attached hydrogens (tertiary/aromatic N) is 5. The Labute approximate surface area is 163 Å². The average molecular weight is 374 g/mol. The lowest BCUT2D eigenvalue weighted by Gasteiger charge is -2.29. The van der Waals surface area contributed by atoms with Crippen LogP contribution >= 0.6 is 0 Å². The first-order chi connectivity index (χ1) is 13.8. The molecule has 28 heavy (non-hydrogen) atoms. The highest BCUT2D eigenvalue weighted by Crippen LogP contribution is 2.29. The van der Waals surface area contributed by atoms with Gasteiger partial charge in [0.1, 0.15) is 5.82 Å². The number of fused-ring (bicyclic) bond motifs is 2. The van der Waals surface area contributed by atoms with Crippen LogP contribution in [0.1, 0.15) is 22.5 Å². The summed E-state index contributed by atoms with van der Waals surface area (Å²) < 4.78 is 2.01. The molecule has 0 unspecified atom stereocenters. The Morgan fingerprint density at radius 1 is 1.14 bits per heavy atom. The molecule has 1 amide bonds. The zero-order valence-electron chi connectivity index (χ0n) is 15.6. The largest absolute Gasteiger partial charge is 0.363 e. The highest BCUT2D eigenvalue weighted by molar-refractivity contribution is 5.80. The van der Waals surface area contributed by atoms with E-state index < -0.39 is 0 Å². The molecule has 0 fully saturated rings. The zero-order valence-corrected chi connectivity index (χ0v) is 15.6. The lowest BCUT2D eigenvalue weighted by atomic mass is 10.0. The van der Waals surface area contributed by atoms with E-state index >= 15 is 0 Å². The maximum Gasteiger partial charge on any atom is 0.226 e. The minimum Gasteiger partial charge on any atom is -0.363 e. The molecule has 0 saturated heterocycles. The Bertz CT molecular complexity index is 974. The van der Waals surface area contributed by atoms with Crippen LogP contribution in [0.25, 0.3) is 0 Å². The fourth-order valence-electron chi connectivity index (χ4n) is 4.16. The van der Waals surface area contributed by atoms with Gasteiger partial charge in [-0.25, -0.2) is 4.98 Å². The van der Waals surface area contributed by atoms with E-state index in [-0.39, 0.29) is 11.8 Å². The second kappa shape index (κ2) is 7.07. The van der Waals surface area contributed by atoms with E-state index in [2.05, 4.69) is 50.7 Å². The summed E-state index contributed by atoms with van der Waals surface area (Å²) in [5.74, 6) is 1.07. The third-order valence-electron chi connectivity index (χ3n) is 5.57. The molecule has 5 rings (SSSR count). The summed E-state index contributed by atoms with van der Waals surface area (Å²) >= 11 is 0. The highest BCUT2D eigenvalue weighted by Gasteiger charge is 2.32. The summed E-state index contributed by atoms with van der Waals surface area (Å²) in [5, 5.41) is 7.89. The smallest absolute Gasteiger partial charge is 0.226 e. The highest BCUT2D eigenvalue weighted by atomic mass is 16.2. The van der Waals surface area contributed by atoms with Gasteiger partial charge in [0.15, 0.2) is 0 Å². The summed E-state index contributed by atoms with van der Waals surface area (Å²) in [6.07, 6.45) is 6.71. The van der Waals surface area contributed by atoms with Crippen LogP contribution in [-0.2, 0) is 37.3 Å². The molecule has 2 aliphatic rings. The predicted molar refractivity (Wildman–Crippen MR) is 104 cm³/mol. The van der Waals surface area contributed by atoms with Crippen molar-refractivity contribution in [2.45, 2.75) is 32.5 Å². The standard InChI is InChI=1S/C21H22N6O/c28-21(17-9-15-3-1-2-4-16(15)10-17)26-7-8-27-19(14-26)11-18(25-27)12-24-20-13-22-5-6-23-20/h1-6,11,13,17H,7-10,12,14H2,(H,23,24). The van der Waals surface area contributed by atoms with E-state index in [1.54, 1.807) is 18.6 Å². The molecule has 3 heterocycles. The molecule has 0 spiro atoms. The Morgan fingerprint density at radius 2 is 1.96 bits per heavy atom. The molecular weight excluding hydrogens is 352 g/mol. The number of anilines is 1. The Hall–Kier alpha value is -3.22. The Kier molecular flexibility index (Phi) is 4.27. The van der Waals surface area contributed by atoms with E-state index in [1.165, 1.54) is 11.1 Å². The molecule has 1 aliphatic carbocycles. The number of hydrogen-bond donors (Lipinski definition) is 1. The molecule has 0 radical (unpaired) electrons. The number of carbonyl (C=O) groups excluding carboxylic acids is 1. The summed E-state index contributed by atoms with van der Waals surface area (Å²) in [4.78, 5) is 23.3. The minimum absolute atomic E-state index is 0.0738. The van der Waals surface area contributed by atoms with Crippen molar-refractivity contribution in [2.75, 3.05) is 11.9 Å². The van der Waals surface area contributed by atoms with Gasteiger partial charge in [-0.1, -0.05) is 24.3 Å². The van der Waals surface area contributed by atoms with Gasteiger partial charge in [-0.15, -0.1) is 0 Å². The van der Waals surface area contributed by atoms with Crippen molar-refractivity contribution >= 4 is 11.7 Å². The van der Waals surface area contributed by atoms with E-state index in [0.29, 0.717) is 13.1 Å². The first-order valence-corrected chi connectivity index (χ1v) is 9.67.